The fraction of sp³-hybridized carbons (Fsp3) is 0.261. The number of hydrogen-bond acceptors (Lipinski definition) is 9. The average molecular weight is 578 g/mol. The van der Waals surface area contributed by atoms with Gasteiger partial charge in [-0.2, -0.15) is 0 Å². The molecule has 186 valence electrons. The Morgan fingerprint density at radius 3 is 2.92 bits per heavy atom. The van der Waals surface area contributed by atoms with Gasteiger partial charge in [0, 0.05) is 40.1 Å². The zero-order valence-corrected chi connectivity index (χ0v) is 20.7. The largest absolute Gasteiger partial charge is 0.387 e. The number of nitrogens with one attached hydrogen (secondary N) is 2. The number of rotatable bonds is 6. The van der Waals surface area contributed by atoms with E-state index in [1.54, 1.807) is 11.4 Å². The molecule has 1 aromatic carbocycles. The fourth-order valence-corrected chi connectivity index (χ4v) is 4.52. The number of aliphatic hydroxyl groups excluding tert-OH is 2. The Morgan fingerprint density at radius 2 is 2.14 bits per heavy atom. The van der Waals surface area contributed by atoms with Crippen molar-refractivity contribution in [2.45, 2.75) is 31.1 Å². The average Bonchev–Trinajstić information content (AvgIpc) is 3.42. The summed E-state index contributed by atoms with van der Waals surface area (Å²) in [4.78, 5) is 30.1. The summed E-state index contributed by atoms with van der Waals surface area (Å²) in [5, 5.41) is 26.6. The van der Waals surface area contributed by atoms with Crippen LogP contribution < -0.4 is 10.6 Å². The van der Waals surface area contributed by atoms with Crippen LogP contribution in [0, 0.1) is 0 Å². The summed E-state index contributed by atoms with van der Waals surface area (Å²) in [6.07, 6.45) is -1.93. The Hall–Kier alpha value is -3.16. The van der Waals surface area contributed by atoms with Gasteiger partial charge in [0.15, 0.2) is 35.1 Å². The second-order valence-corrected chi connectivity index (χ2v) is 9.36. The van der Waals surface area contributed by atoms with Crippen molar-refractivity contribution in [1.29, 1.82) is 0 Å². The number of aromatic nitrogens is 5. The number of benzene rings is 1. The molecule has 13 heteroatoms. The predicted molar refractivity (Wildman–Crippen MR) is 135 cm³/mol. The Balaban J connectivity index is 1.54. The van der Waals surface area contributed by atoms with Gasteiger partial charge in [-0.25, -0.2) is 15.0 Å². The number of pyridine rings is 1. The number of halogens is 2. The first-order valence-electron chi connectivity index (χ1n) is 12.2. The summed E-state index contributed by atoms with van der Waals surface area (Å²) in [6, 6.07) is 9.32. The Morgan fingerprint density at radius 1 is 1.28 bits per heavy atom. The van der Waals surface area contributed by atoms with Crippen molar-refractivity contribution in [2.24, 2.45) is 0 Å². The Bertz CT molecular complexity index is 1540. The highest BCUT2D eigenvalue weighted by molar-refractivity contribution is 9.10. The van der Waals surface area contributed by atoms with Crippen molar-refractivity contribution in [3.63, 3.8) is 0 Å². The number of ether oxygens (including phenoxy) is 1. The number of amides is 1. The van der Waals surface area contributed by atoms with E-state index in [0.717, 1.165) is 10.0 Å². The third kappa shape index (κ3) is 4.65. The molecule has 3 aromatic heterocycles. The third-order valence-electron chi connectivity index (χ3n) is 5.63. The molecule has 1 aliphatic rings. The van der Waals surface area contributed by atoms with Crippen LogP contribution in [0.5, 0.6) is 0 Å². The smallest absolute Gasteiger partial charge is 0.251 e. The first-order chi connectivity index (χ1) is 18.5. The van der Waals surface area contributed by atoms with Gasteiger partial charge in [-0.1, -0.05) is 39.7 Å². The lowest BCUT2D eigenvalue weighted by Crippen LogP contribution is -2.41. The first-order valence-corrected chi connectivity index (χ1v) is 11.8. The maximum atomic E-state index is 12.4. The molecule has 0 aliphatic carbocycles. The molecule has 0 saturated carbocycles. The summed E-state index contributed by atoms with van der Waals surface area (Å²) in [5.41, 5.74) is 2.00. The van der Waals surface area contributed by atoms with E-state index >= 15 is 0 Å². The lowest BCUT2D eigenvalue weighted by molar-refractivity contribution is -0.137. The van der Waals surface area contributed by atoms with Crippen LogP contribution >= 0.6 is 27.5 Å². The van der Waals surface area contributed by atoms with Crippen molar-refractivity contribution in [2.75, 3.05) is 12.3 Å². The first kappa shape index (κ1) is 21.0. The van der Waals surface area contributed by atoms with Crippen LogP contribution in [0.25, 0.3) is 22.6 Å². The molecule has 0 radical (unpaired) electrons. The van der Waals surface area contributed by atoms with Gasteiger partial charge in [0.1, 0.15) is 12.2 Å². The maximum absolute atomic E-state index is 12.4. The molecule has 4 aromatic rings. The molecular weight excluding hydrogens is 554 g/mol. The summed E-state index contributed by atoms with van der Waals surface area (Å²) in [5.74, 6) is -0.496. The predicted octanol–water partition coefficient (Wildman–Crippen LogP) is 2.28. The summed E-state index contributed by atoms with van der Waals surface area (Å²) in [6.45, 7) is -2.41. The van der Waals surface area contributed by atoms with Crippen LogP contribution in [0.2, 0.25) is 5.02 Å². The number of anilines is 1. The number of imidazole rings is 1. The zero-order chi connectivity index (χ0) is 27.9. The van der Waals surface area contributed by atoms with Gasteiger partial charge in [-0.3, -0.25) is 14.3 Å². The van der Waals surface area contributed by atoms with E-state index in [-0.39, 0.29) is 11.5 Å². The van der Waals surface area contributed by atoms with E-state index in [1.165, 1.54) is 23.3 Å². The monoisotopic (exact) mass is 576 g/mol. The van der Waals surface area contributed by atoms with Crippen molar-refractivity contribution < 1.29 is 23.9 Å². The van der Waals surface area contributed by atoms with Gasteiger partial charge < -0.3 is 25.6 Å². The number of hydrogen-bond donors (Lipinski definition) is 4. The lowest BCUT2D eigenvalue weighted by Gasteiger charge is -2.17. The van der Waals surface area contributed by atoms with Crippen molar-refractivity contribution in [1.82, 2.24) is 29.8 Å². The number of fused-ring (bicyclic) bond motifs is 1. The molecule has 1 aliphatic heterocycles. The quantitative estimate of drug-likeness (QED) is 0.271. The molecule has 0 unspecified atom stereocenters. The molecular formula is C23H21BrClN7O4. The van der Waals surface area contributed by atoms with Crippen LogP contribution in [-0.4, -0.2) is 65.9 Å². The van der Waals surface area contributed by atoms with E-state index in [4.69, 9.17) is 20.5 Å². The van der Waals surface area contributed by atoms with E-state index in [2.05, 4.69) is 41.2 Å². The van der Waals surface area contributed by atoms with Gasteiger partial charge in [-0.15, -0.1) is 0 Å². The van der Waals surface area contributed by atoms with E-state index in [0.29, 0.717) is 28.5 Å². The second-order valence-electron chi connectivity index (χ2n) is 8.01. The molecule has 5 rings (SSSR count). The molecule has 4 N–H and O–H groups in total. The van der Waals surface area contributed by atoms with Gasteiger partial charge in [0.25, 0.3) is 5.91 Å². The molecule has 36 heavy (non-hydrogen) atoms. The van der Waals surface area contributed by atoms with Crippen LogP contribution in [0.3, 0.4) is 0 Å². The molecule has 1 fully saturated rings. The summed E-state index contributed by atoms with van der Waals surface area (Å²) < 4.78 is 29.6. The zero-order valence-electron chi connectivity index (χ0n) is 21.3. The van der Waals surface area contributed by atoms with Crippen LogP contribution in [0.1, 0.15) is 15.9 Å². The van der Waals surface area contributed by atoms with Gasteiger partial charge in [0.05, 0.1) is 11.3 Å². The van der Waals surface area contributed by atoms with Crippen LogP contribution in [0.15, 0.2) is 53.5 Å². The number of carbonyl (C=O) groups is 1. The van der Waals surface area contributed by atoms with Crippen molar-refractivity contribution in [3.8, 4) is 11.4 Å². The standard InChI is InChI=1S/C23H21BrClN7O4/c1-26-22(35)18-16(33)17(34)23(36-18)32-10-29-15-20(28-7-11-3-2-4-13(24)5-11)30-19(31-21(15)32)12-6-14(25)9-27-8-12/h2-6,8-10,16-18,23,33-34H,7H2,1H3,(H,26,35)(H,28,30,31)/t16-,17+,18-,23+/m0/s1/i1D3. The minimum Gasteiger partial charge on any atom is -0.387 e. The lowest BCUT2D eigenvalue weighted by atomic mass is 10.1. The fourth-order valence-electron chi connectivity index (χ4n) is 3.90. The highest BCUT2D eigenvalue weighted by Crippen LogP contribution is 2.34. The van der Waals surface area contributed by atoms with Crippen molar-refractivity contribution in [3.05, 3.63) is 64.1 Å². The highest BCUT2D eigenvalue weighted by Gasteiger charge is 2.47. The summed E-state index contributed by atoms with van der Waals surface area (Å²) >= 11 is 9.59. The molecule has 4 heterocycles. The van der Waals surface area contributed by atoms with Crippen LogP contribution in [0.4, 0.5) is 5.82 Å². The van der Waals surface area contributed by atoms with E-state index in [9.17, 15) is 15.0 Å². The number of carbonyl (C=O) groups excluding carboxylic acids is 1. The van der Waals surface area contributed by atoms with E-state index < -0.39 is 37.4 Å². The normalized spacial score (nSPS) is 23.2. The minimum atomic E-state index is -2.80. The van der Waals surface area contributed by atoms with Crippen molar-refractivity contribution >= 4 is 50.4 Å². The molecule has 0 bridgehead atoms. The number of likely N-dealkylation sites (N-methyl/N-ethyl adjacent to an activating group) is 1. The second kappa shape index (κ2) is 10.1. The topological polar surface area (TPSA) is 147 Å². The van der Waals surface area contributed by atoms with Crippen LogP contribution in [-0.2, 0) is 16.1 Å². The van der Waals surface area contributed by atoms with Gasteiger partial charge >= 0.3 is 0 Å². The molecule has 1 amide bonds. The minimum absolute atomic E-state index is 0.213. The summed E-state index contributed by atoms with van der Waals surface area (Å²) in [7, 11) is 0. The van der Waals surface area contributed by atoms with Gasteiger partial charge in [0.2, 0.25) is 0 Å². The Labute approximate surface area is 222 Å². The van der Waals surface area contributed by atoms with Gasteiger partial charge in [-0.05, 0) is 23.8 Å². The number of nitrogens with zero attached hydrogens (tertiary/aromatic N) is 5. The molecule has 11 nitrogen and oxygen atoms in total. The highest BCUT2D eigenvalue weighted by atomic mass is 79.9. The maximum Gasteiger partial charge on any atom is 0.251 e. The molecule has 1 saturated heterocycles. The SMILES string of the molecule is [2H]C([2H])([2H])NC(=O)[C@H]1O[C@@H](n2cnc3c(NCc4cccc(Br)c4)nc(-c4cncc(Cl)c4)nc32)[C@H](O)[C@@H]1O. The molecule has 0 spiro atoms. The van der Waals surface area contributed by atoms with E-state index in [1.807, 2.05) is 24.3 Å². The number of aliphatic hydroxyl groups is 2. The Kier molecular flexibility index (Phi) is 5.87. The third-order valence-corrected chi connectivity index (χ3v) is 6.33. The molecule has 4 atom stereocenters.